The van der Waals surface area contributed by atoms with Crippen molar-refractivity contribution in [3.05, 3.63) is 95.1 Å². The summed E-state index contributed by atoms with van der Waals surface area (Å²) in [6.07, 6.45) is 0.999. The fourth-order valence-corrected chi connectivity index (χ4v) is 3.78. The van der Waals surface area contributed by atoms with Gasteiger partial charge in [0, 0.05) is 19.6 Å². The zero-order valence-corrected chi connectivity index (χ0v) is 16.5. The number of fused-ring (bicyclic) bond motifs is 1. The summed E-state index contributed by atoms with van der Waals surface area (Å²) in [5, 5.41) is 5.38. The van der Waals surface area contributed by atoms with Crippen LogP contribution in [0.2, 0.25) is 0 Å². The van der Waals surface area contributed by atoms with Gasteiger partial charge in [-0.1, -0.05) is 54.6 Å². The molecule has 0 fully saturated rings. The van der Waals surface area contributed by atoms with E-state index in [0.29, 0.717) is 19.6 Å². The first-order chi connectivity index (χ1) is 14.1. The Morgan fingerprint density at radius 3 is 2.31 bits per heavy atom. The number of hydrogen-bond donors (Lipinski definition) is 3. The second-order valence-electron chi connectivity index (χ2n) is 7.59. The second kappa shape index (κ2) is 8.63. The molecule has 0 radical (unpaired) electrons. The van der Waals surface area contributed by atoms with E-state index in [9.17, 15) is 0 Å². The lowest BCUT2D eigenvalue weighted by Crippen LogP contribution is -2.31. The maximum Gasteiger partial charge on any atom is 0.0593 e. The minimum Gasteiger partial charge on any atom is -0.310 e. The van der Waals surface area contributed by atoms with Gasteiger partial charge in [-0.05, 0) is 46.9 Å². The Balaban J connectivity index is 1.41. The summed E-state index contributed by atoms with van der Waals surface area (Å²) < 4.78 is 0. The minimum atomic E-state index is 0.612. The number of benzene rings is 3. The van der Waals surface area contributed by atoms with Crippen molar-refractivity contribution in [2.24, 2.45) is 17.5 Å². The summed E-state index contributed by atoms with van der Waals surface area (Å²) in [4.78, 5) is 0. The molecule has 4 rings (SSSR count). The number of hydrogen-bond acceptors (Lipinski definition) is 6. The summed E-state index contributed by atoms with van der Waals surface area (Å²) in [5.74, 6) is 18.6. The van der Waals surface area contributed by atoms with Gasteiger partial charge in [0.15, 0.2) is 0 Å². The van der Waals surface area contributed by atoms with Gasteiger partial charge in [-0.3, -0.25) is 5.84 Å². The van der Waals surface area contributed by atoms with E-state index < -0.39 is 0 Å². The largest absolute Gasteiger partial charge is 0.310 e. The third kappa shape index (κ3) is 4.75. The number of anilines is 2. The van der Waals surface area contributed by atoms with Crippen LogP contribution in [0.1, 0.15) is 22.3 Å². The van der Waals surface area contributed by atoms with Crippen LogP contribution in [0.25, 0.3) is 0 Å². The molecule has 1 aliphatic heterocycles. The smallest absolute Gasteiger partial charge is 0.0593 e. The van der Waals surface area contributed by atoms with Gasteiger partial charge in [0.2, 0.25) is 0 Å². The second-order valence-corrected chi connectivity index (χ2v) is 7.59. The topological polar surface area (TPSA) is 87.8 Å². The molecule has 3 aromatic rings. The molecular weight excluding hydrogens is 360 g/mol. The lowest BCUT2D eigenvalue weighted by Gasteiger charge is -2.22. The maximum absolute atomic E-state index is 6.37. The summed E-state index contributed by atoms with van der Waals surface area (Å²) in [6.45, 7) is 2.83. The van der Waals surface area contributed by atoms with Crippen molar-refractivity contribution >= 4 is 11.4 Å². The number of nitrogens with zero attached hydrogens (tertiary/aromatic N) is 3. The van der Waals surface area contributed by atoms with E-state index >= 15 is 0 Å². The lowest BCUT2D eigenvalue weighted by atomic mass is 10.1. The van der Waals surface area contributed by atoms with Crippen LogP contribution in [-0.4, -0.2) is 11.6 Å². The first kappa shape index (κ1) is 19.4. The first-order valence-corrected chi connectivity index (χ1v) is 9.87. The Labute approximate surface area is 172 Å². The van der Waals surface area contributed by atoms with Crippen LogP contribution < -0.4 is 27.5 Å². The summed E-state index contributed by atoms with van der Waals surface area (Å²) in [5.41, 5.74) is 6.81. The zero-order valence-electron chi connectivity index (χ0n) is 16.5. The van der Waals surface area contributed by atoms with E-state index in [0.717, 1.165) is 35.5 Å². The molecule has 3 aromatic carbocycles. The zero-order chi connectivity index (χ0) is 20.2. The van der Waals surface area contributed by atoms with Gasteiger partial charge in [-0.15, -0.1) is 0 Å². The van der Waals surface area contributed by atoms with Crippen molar-refractivity contribution in [2.45, 2.75) is 26.1 Å². The maximum atomic E-state index is 6.37. The van der Waals surface area contributed by atoms with Gasteiger partial charge in [0.25, 0.3) is 0 Å². The quantitative estimate of drug-likeness (QED) is 0.426. The van der Waals surface area contributed by atoms with E-state index in [1.807, 2.05) is 40.3 Å². The molecule has 150 valence electrons. The molecule has 6 nitrogen and oxygen atoms in total. The van der Waals surface area contributed by atoms with E-state index in [-0.39, 0.29) is 0 Å². The van der Waals surface area contributed by atoms with Crippen molar-refractivity contribution < 1.29 is 0 Å². The van der Waals surface area contributed by atoms with E-state index in [4.69, 9.17) is 17.5 Å². The van der Waals surface area contributed by atoms with Crippen molar-refractivity contribution in [3.8, 4) is 0 Å². The van der Waals surface area contributed by atoms with Crippen molar-refractivity contribution in [1.29, 1.82) is 0 Å². The third-order valence-corrected chi connectivity index (χ3v) is 5.29. The molecule has 0 aliphatic carbocycles. The highest BCUT2D eigenvalue weighted by molar-refractivity contribution is 5.59. The Morgan fingerprint density at radius 1 is 0.759 bits per heavy atom. The fourth-order valence-electron chi connectivity index (χ4n) is 3.78. The van der Waals surface area contributed by atoms with Crippen LogP contribution in [0, 0.1) is 0 Å². The van der Waals surface area contributed by atoms with E-state index in [1.165, 1.54) is 11.1 Å². The van der Waals surface area contributed by atoms with Gasteiger partial charge in [-0.2, -0.15) is 0 Å². The normalized spacial score (nSPS) is 13.0. The van der Waals surface area contributed by atoms with Crippen LogP contribution >= 0.6 is 0 Å². The van der Waals surface area contributed by atoms with Crippen LogP contribution in [0.4, 0.5) is 11.4 Å². The summed E-state index contributed by atoms with van der Waals surface area (Å²) in [7, 11) is 0. The minimum absolute atomic E-state index is 0.612. The van der Waals surface area contributed by atoms with Crippen LogP contribution in [-0.2, 0) is 26.1 Å². The first-order valence-electron chi connectivity index (χ1n) is 9.87. The van der Waals surface area contributed by atoms with E-state index in [2.05, 4.69) is 42.5 Å². The molecule has 0 bridgehead atoms. The van der Waals surface area contributed by atoms with Gasteiger partial charge in [0.05, 0.1) is 17.9 Å². The average Bonchev–Trinajstić information content (AvgIpc) is 3.09. The van der Waals surface area contributed by atoms with Crippen molar-refractivity contribution in [1.82, 2.24) is 5.01 Å². The van der Waals surface area contributed by atoms with Gasteiger partial charge in [-0.25, -0.2) is 16.7 Å². The number of nitrogens with two attached hydrogens (primary N) is 3. The SMILES string of the molecule is NN(Cc1ccccc1)Cc1cccc(N(N)Cc2ccc3c(c2)N(N)CC3)c1. The summed E-state index contributed by atoms with van der Waals surface area (Å²) in [6, 6.07) is 24.8. The van der Waals surface area contributed by atoms with Crippen molar-refractivity contribution in [3.63, 3.8) is 0 Å². The highest BCUT2D eigenvalue weighted by Gasteiger charge is 2.17. The molecular formula is C23H28N6. The lowest BCUT2D eigenvalue weighted by molar-refractivity contribution is 0.266. The molecule has 6 N–H and O–H groups in total. The number of hydrazine groups is 3. The molecule has 0 unspecified atom stereocenters. The molecule has 0 spiro atoms. The molecule has 6 heteroatoms. The Hall–Kier alpha value is -2.90. The van der Waals surface area contributed by atoms with Crippen molar-refractivity contribution in [2.75, 3.05) is 16.6 Å². The monoisotopic (exact) mass is 388 g/mol. The molecule has 0 aromatic heterocycles. The number of rotatable bonds is 7. The molecule has 0 saturated carbocycles. The fraction of sp³-hybridized carbons (Fsp3) is 0.217. The molecule has 1 heterocycles. The van der Waals surface area contributed by atoms with Gasteiger partial charge < -0.3 is 10.0 Å². The van der Waals surface area contributed by atoms with Crippen LogP contribution in [0.5, 0.6) is 0 Å². The van der Waals surface area contributed by atoms with Crippen LogP contribution in [0.3, 0.4) is 0 Å². The molecule has 0 amide bonds. The predicted octanol–water partition coefficient (Wildman–Crippen LogP) is 2.68. The van der Waals surface area contributed by atoms with Gasteiger partial charge in [0.1, 0.15) is 0 Å². The molecule has 0 atom stereocenters. The molecule has 1 aliphatic rings. The molecule has 0 saturated heterocycles. The average molecular weight is 389 g/mol. The predicted molar refractivity (Wildman–Crippen MR) is 118 cm³/mol. The third-order valence-electron chi connectivity index (χ3n) is 5.29. The standard InChI is InChI=1S/C23H28N6/c24-27(15-18-5-2-1-3-6-18)16-19-7-4-8-22(13-19)29(26)17-20-9-10-21-11-12-28(25)23(21)14-20/h1-10,13-14H,11-12,15-17,24-26H2. The molecule has 29 heavy (non-hydrogen) atoms. The van der Waals surface area contributed by atoms with E-state index in [1.54, 1.807) is 5.01 Å². The summed E-state index contributed by atoms with van der Waals surface area (Å²) >= 11 is 0. The Kier molecular flexibility index (Phi) is 5.78. The van der Waals surface area contributed by atoms with Crippen LogP contribution in [0.15, 0.2) is 72.8 Å². The Morgan fingerprint density at radius 2 is 1.48 bits per heavy atom. The van der Waals surface area contributed by atoms with Gasteiger partial charge >= 0.3 is 0 Å². The highest BCUT2D eigenvalue weighted by atomic mass is 15.4. The Bertz CT molecular complexity index is 959. The highest BCUT2D eigenvalue weighted by Crippen LogP contribution is 2.27.